The molecule has 0 bridgehead atoms. The van der Waals surface area contributed by atoms with E-state index in [1.165, 1.54) is 18.8 Å². The van der Waals surface area contributed by atoms with Gasteiger partial charge >= 0.3 is 35.5 Å². The molecule has 0 aliphatic heterocycles. The van der Waals surface area contributed by atoms with Gasteiger partial charge in [-0.2, -0.15) is 26.3 Å². The van der Waals surface area contributed by atoms with Crippen LogP contribution in [0.5, 0.6) is 11.5 Å². The molecule has 0 spiro atoms. The molecule has 2 heterocycles. The molecule has 19 heteroatoms. The molecule has 2 rings (SSSR count). The molecule has 0 saturated carbocycles. The number of hydrogen-bond donors (Lipinski definition) is 4. The molecule has 0 amide bonds. The second-order valence-corrected chi connectivity index (χ2v) is 6.36. The van der Waals surface area contributed by atoms with Crippen LogP contribution in [0, 0.1) is 10.1 Å². The number of H-pyrrole nitrogens is 2. The van der Waals surface area contributed by atoms with E-state index < -0.39 is 80.0 Å². The zero-order chi connectivity index (χ0) is 28.9. The maximum atomic E-state index is 12.7. The maximum Gasteiger partial charge on any atom is 0.432 e. The number of rotatable bonds is 5. The molecule has 204 valence electrons. The summed E-state index contributed by atoms with van der Waals surface area (Å²) in [6.45, 7) is 2.19. The highest BCUT2D eigenvalue weighted by atomic mass is 19.4. The summed E-state index contributed by atoms with van der Waals surface area (Å²) in [6.07, 6.45) is -10.2. The Labute approximate surface area is 199 Å². The van der Waals surface area contributed by atoms with E-state index in [1.54, 1.807) is 0 Å². The summed E-state index contributed by atoms with van der Waals surface area (Å²) in [5, 5.41) is 29.2. The molecular weight excluding hydrogens is 532 g/mol. The van der Waals surface area contributed by atoms with Crippen molar-refractivity contribution >= 4 is 17.6 Å². The van der Waals surface area contributed by atoms with Crippen molar-refractivity contribution in [3.63, 3.8) is 0 Å². The third kappa shape index (κ3) is 7.21. The fourth-order valence-electron chi connectivity index (χ4n) is 2.53. The highest BCUT2D eigenvalue weighted by Gasteiger charge is 2.42. The second kappa shape index (κ2) is 11.4. The molecular formula is C18H15F6N3O10. The number of nitrogens with zero attached hydrogens (tertiary/aromatic N) is 1. The molecule has 0 aliphatic rings. The molecule has 2 aromatic rings. The van der Waals surface area contributed by atoms with Crippen LogP contribution in [0.25, 0.3) is 0 Å². The SMILES string of the molecule is CCOC(=O)c1c(C(F)(F)F)[nH]c(=O)c([N+](=O)[O-])c1O.CCOC(=O)c1c(O)cc(=O)[nH]c1C(F)(F)F. The number of carbonyl (C=O) groups excluding carboxylic acids is 2. The van der Waals surface area contributed by atoms with Gasteiger partial charge in [-0.3, -0.25) is 19.7 Å². The summed E-state index contributed by atoms with van der Waals surface area (Å²) in [5.41, 5.74) is -10.7. The van der Waals surface area contributed by atoms with Crippen molar-refractivity contribution in [2.75, 3.05) is 13.2 Å². The second-order valence-electron chi connectivity index (χ2n) is 6.36. The average molecular weight is 547 g/mol. The number of carbonyl (C=O) groups is 2. The van der Waals surface area contributed by atoms with Gasteiger partial charge in [-0.1, -0.05) is 0 Å². The number of alkyl halides is 6. The Bertz CT molecular complexity index is 1310. The molecule has 4 N–H and O–H groups in total. The monoisotopic (exact) mass is 547 g/mol. The Kier molecular flexibility index (Phi) is 9.41. The number of ether oxygens (including phenoxy) is 2. The lowest BCUT2D eigenvalue weighted by molar-refractivity contribution is -0.387. The minimum Gasteiger partial charge on any atom is -0.507 e. The van der Waals surface area contributed by atoms with Crippen LogP contribution in [0.15, 0.2) is 15.7 Å². The van der Waals surface area contributed by atoms with Crippen molar-refractivity contribution in [1.82, 2.24) is 9.97 Å². The summed E-state index contributed by atoms with van der Waals surface area (Å²) in [5.74, 6) is -5.76. The number of aromatic nitrogens is 2. The molecule has 0 unspecified atom stereocenters. The highest BCUT2D eigenvalue weighted by molar-refractivity contribution is 5.95. The van der Waals surface area contributed by atoms with Crippen LogP contribution in [-0.4, -0.2) is 50.3 Å². The molecule has 0 aliphatic carbocycles. The van der Waals surface area contributed by atoms with Gasteiger partial charge in [0.15, 0.2) is 0 Å². The number of aromatic amines is 2. The Morgan fingerprint density at radius 2 is 1.35 bits per heavy atom. The van der Waals surface area contributed by atoms with E-state index in [1.807, 2.05) is 0 Å². The van der Waals surface area contributed by atoms with Crippen molar-refractivity contribution in [3.8, 4) is 11.5 Å². The van der Waals surface area contributed by atoms with Crippen molar-refractivity contribution in [2.45, 2.75) is 26.2 Å². The smallest absolute Gasteiger partial charge is 0.432 e. The third-order valence-electron chi connectivity index (χ3n) is 3.90. The summed E-state index contributed by atoms with van der Waals surface area (Å²) < 4.78 is 84.2. The highest BCUT2D eigenvalue weighted by Crippen LogP contribution is 2.37. The van der Waals surface area contributed by atoms with Crippen molar-refractivity contribution in [1.29, 1.82) is 0 Å². The Morgan fingerprint density at radius 3 is 1.76 bits per heavy atom. The number of esters is 2. The zero-order valence-corrected chi connectivity index (χ0v) is 18.4. The standard InChI is InChI=1S/C9H7F3N2O6.C9H8F3NO4/c1-2-20-8(17)3-5(15)4(14(18)19)7(16)13-6(3)9(10,11)12;1-2-17-8(16)6-4(14)3-5(15)13-7(6)9(10,11)12/h2H2,1H3,(H2,13,15,16);3H,2H2,1H3,(H2,13,14,15). The first-order valence-corrected chi connectivity index (χ1v) is 9.46. The van der Waals surface area contributed by atoms with E-state index in [9.17, 15) is 65.8 Å². The predicted molar refractivity (Wildman–Crippen MR) is 106 cm³/mol. The molecule has 13 nitrogen and oxygen atoms in total. The molecule has 37 heavy (non-hydrogen) atoms. The lowest BCUT2D eigenvalue weighted by atomic mass is 10.1. The van der Waals surface area contributed by atoms with Crippen LogP contribution >= 0.6 is 0 Å². The molecule has 0 atom stereocenters. The minimum absolute atomic E-state index is 0.158. The molecule has 0 aromatic carbocycles. The topological polar surface area (TPSA) is 202 Å². The van der Waals surface area contributed by atoms with Crippen LogP contribution in [0.2, 0.25) is 0 Å². The van der Waals surface area contributed by atoms with E-state index in [-0.39, 0.29) is 13.2 Å². The molecule has 0 radical (unpaired) electrons. The number of aromatic hydroxyl groups is 2. The Balaban J connectivity index is 0.000000375. The lowest BCUT2D eigenvalue weighted by Crippen LogP contribution is -2.24. The third-order valence-corrected chi connectivity index (χ3v) is 3.90. The van der Waals surface area contributed by atoms with Gasteiger partial charge in [0.2, 0.25) is 5.75 Å². The van der Waals surface area contributed by atoms with Crippen molar-refractivity contribution < 1.29 is 60.5 Å². The normalized spacial score (nSPS) is 11.2. The Hall–Kier alpha value is -4.58. The quantitative estimate of drug-likeness (QED) is 0.186. The number of pyridine rings is 2. The largest absolute Gasteiger partial charge is 0.507 e. The van der Waals surface area contributed by atoms with Crippen LogP contribution in [0.4, 0.5) is 32.0 Å². The first-order valence-electron chi connectivity index (χ1n) is 9.46. The van der Waals surface area contributed by atoms with Gasteiger partial charge in [0.05, 0.1) is 18.1 Å². The summed E-state index contributed by atoms with van der Waals surface area (Å²) in [4.78, 5) is 56.4. The summed E-state index contributed by atoms with van der Waals surface area (Å²) in [6, 6.07) is 0.474. The van der Waals surface area contributed by atoms with Crippen LogP contribution in [-0.2, 0) is 21.8 Å². The zero-order valence-electron chi connectivity index (χ0n) is 18.4. The molecule has 0 saturated heterocycles. The number of nitro groups is 1. The number of halogens is 6. The van der Waals surface area contributed by atoms with Crippen LogP contribution in [0.3, 0.4) is 0 Å². The van der Waals surface area contributed by atoms with Crippen LogP contribution < -0.4 is 11.1 Å². The van der Waals surface area contributed by atoms with Crippen LogP contribution in [0.1, 0.15) is 46.0 Å². The molecule has 0 fully saturated rings. The van der Waals surface area contributed by atoms with E-state index >= 15 is 0 Å². The first-order chi connectivity index (χ1) is 16.9. The van der Waals surface area contributed by atoms with Gasteiger partial charge in [0.25, 0.3) is 5.56 Å². The van der Waals surface area contributed by atoms with Crippen molar-refractivity contribution in [2.24, 2.45) is 0 Å². The van der Waals surface area contributed by atoms with Gasteiger partial charge in [-0.05, 0) is 13.8 Å². The summed E-state index contributed by atoms with van der Waals surface area (Å²) in [7, 11) is 0. The predicted octanol–water partition coefficient (Wildman–Crippen LogP) is 2.46. The van der Waals surface area contributed by atoms with E-state index in [4.69, 9.17) is 0 Å². The summed E-state index contributed by atoms with van der Waals surface area (Å²) >= 11 is 0. The maximum absolute atomic E-state index is 12.7. The van der Waals surface area contributed by atoms with Crippen molar-refractivity contribution in [3.05, 3.63) is 59.4 Å². The lowest BCUT2D eigenvalue weighted by Gasteiger charge is -2.12. The average Bonchev–Trinajstić information content (AvgIpc) is 2.71. The van der Waals surface area contributed by atoms with Gasteiger partial charge in [0.1, 0.15) is 28.3 Å². The van der Waals surface area contributed by atoms with E-state index in [0.717, 1.165) is 4.98 Å². The van der Waals surface area contributed by atoms with E-state index in [0.29, 0.717) is 6.07 Å². The van der Waals surface area contributed by atoms with Gasteiger partial charge in [-0.15, -0.1) is 0 Å². The molecule has 2 aromatic heterocycles. The van der Waals surface area contributed by atoms with Gasteiger partial charge < -0.3 is 29.7 Å². The number of hydrogen-bond acceptors (Lipinski definition) is 10. The van der Waals surface area contributed by atoms with Gasteiger partial charge in [0, 0.05) is 6.07 Å². The number of nitrogens with one attached hydrogen (secondary N) is 2. The van der Waals surface area contributed by atoms with Gasteiger partial charge in [-0.25, -0.2) is 9.59 Å². The first kappa shape index (κ1) is 30.5. The minimum atomic E-state index is -5.21. The van der Waals surface area contributed by atoms with E-state index in [2.05, 4.69) is 9.47 Å². The Morgan fingerprint density at radius 1 is 0.919 bits per heavy atom. The fraction of sp³-hybridized carbons (Fsp3) is 0.333. The fourth-order valence-corrected chi connectivity index (χ4v) is 2.53.